The maximum absolute atomic E-state index is 6.23. The Kier molecular flexibility index (Phi) is 4.05. The van der Waals surface area contributed by atoms with Crippen molar-refractivity contribution in [3.63, 3.8) is 0 Å². The molecule has 1 aliphatic carbocycles. The Morgan fingerprint density at radius 2 is 1.87 bits per heavy atom. The van der Waals surface area contributed by atoms with E-state index in [0.29, 0.717) is 11.6 Å². The van der Waals surface area contributed by atoms with Gasteiger partial charge < -0.3 is 20.1 Å². The van der Waals surface area contributed by atoms with Crippen molar-refractivity contribution in [2.45, 2.75) is 37.8 Å². The summed E-state index contributed by atoms with van der Waals surface area (Å²) in [6.07, 6.45) is 4.17. The first-order chi connectivity index (χ1) is 11.3. The van der Waals surface area contributed by atoms with Crippen LogP contribution in [0, 0.1) is 0 Å². The molecule has 0 bridgehead atoms. The van der Waals surface area contributed by atoms with Crippen molar-refractivity contribution in [1.82, 2.24) is 10.3 Å². The van der Waals surface area contributed by atoms with Crippen LogP contribution in [-0.2, 0) is 4.74 Å². The van der Waals surface area contributed by atoms with Crippen LogP contribution >= 0.6 is 0 Å². The summed E-state index contributed by atoms with van der Waals surface area (Å²) in [5, 5.41) is 8.00. The zero-order valence-electron chi connectivity index (χ0n) is 13.1. The monoisotopic (exact) mass is 318 g/mol. The molecule has 2 heterocycles. The highest BCUT2D eigenvalue weighted by Gasteiger charge is 2.23. The Hall–Kier alpha value is -1.86. The lowest BCUT2D eigenvalue weighted by Gasteiger charge is -2.30. The molecule has 7 nitrogen and oxygen atoms in total. The molecule has 2 aliphatic rings. The fourth-order valence-corrected chi connectivity index (χ4v) is 3.33. The number of hydrogen-bond donors (Lipinski definition) is 1. The van der Waals surface area contributed by atoms with Gasteiger partial charge in [-0.1, -0.05) is 0 Å². The standard InChI is InChI=1S/C16H22N4O3/c17-11-1-3-13(4-2-11)22-15-10-12(20-5-7-21-8-6-20)9-14-16(15)19-23-18-14/h9-11,13H,1-8,17H2. The van der Waals surface area contributed by atoms with Crippen molar-refractivity contribution in [1.29, 1.82) is 0 Å². The third kappa shape index (κ3) is 3.11. The molecule has 4 rings (SSSR count). The van der Waals surface area contributed by atoms with Gasteiger partial charge in [0.1, 0.15) is 5.52 Å². The van der Waals surface area contributed by atoms with Gasteiger partial charge in [-0.05, 0) is 42.1 Å². The minimum atomic E-state index is 0.189. The minimum Gasteiger partial charge on any atom is -0.488 e. The average molecular weight is 318 g/mol. The minimum absolute atomic E-state index is 0.189. The van der Waals surface area contributed by atoms with Crippen LogP contribution in [-0.4, -0.2) is 48.8 Å². The van der Waals surface area contributed by atoms with E-state index in [9.17, 15) is 0 Å². The van der Waals surface area contributed by atoms with Gasteiger partial charge in [0.05, 0.1) is 19.3 Å². The second-order valence-electron chi connectivity index (χ2n) is 6.33. The molecule has 2 N–H and O–H groups in total. The summed E-state index contributed by atoms with van der Waals surface area (Å²) < 4.78 is 16.6. The van der Waals surface area contributed by atoms with E-state index in [1.54, 1.807) is 0 Å². The molecule has 23 heavy (non-hydrogen) atoms. The van der Waals surface area contributed by atoms with Gasteiger partial charge in [-0.25, -0.2) is 4.63 Å². The fraction of sp³-hybridized carbons (Fsp3) is 0.625. The molecule has 0 amide bonds. The van der Waals surface area contributed by atoms with E-state index in [0.717, 1.165) is 68.9 Å². The molecule has 1 aromatic carbocycles. The molecule has 0 unspecified atom stereocenters. The molecular formula is C16H22N4O3. The first-order valence-electron chi connectivity index (χ1n) is 8.31. The molecular weight excluding hydrogens is 296 g/mol. The van der Waals surface area contributed by atoms with Gasteiger partial charge in [-0.2, -0.15) is 0 Å². The highest BCUT2D eigenvalue weighted by Crippen LogP contribution is 2.33. The number of nitrogens with zero attached hydrogens (tertiary/aromatic N) is 3. The first kappa shape index (κ1) is 14.7. The topological polar surface area (TPSA) is 86.6 Å². The van der Waals surface area contributed by atoms with Crippen LogP contribution in [0.15, 0.2) is 16.8 Å². The summed E-state index contributed by atoms with van der Waals surface area (Å²) >= 11 is 0. The molecule has 2 aromatic rings. The second kappa shape index (κ2) is 6.33. The van der Waals surface area contributed by atoms with E-state index in [1.165, 1.54) is 0 Å². The molecule has 0 spiro atoms. The summed E-state index contributed by atoms with van der Waals surface area (Å²) in [4.78, 5) is 2.28. The van der Waals surface area contributed by atoms with Gasteiger partial charge in [0.25, 0.3) is 0 Å². The van der Waals surface area contributed by atoms with Crippen LogP contribution in [0.4, 0.5) is 5.69 Å². The van der Waals surface area contributed by atoms with Gasteiger partial charge in [-0.15, -0.1) is 0 Å². The van der Waals surface area contributed by atoms with Crippen molar-refractivity contribution in [2.24, 2.45) is 5.73 Å². The molecule has 124 valence electrons. The number of rotatable bonds is 3. The number of fused-ring (bicyclic) bond motifs is 1. The third-order valence-corrected chi connectivity index (χ3v) is 4.70. The lowest BCUT2D eigenvalue weighted by Crippen LogP contribution is -2.36. The van der Waals surface area contributed by atoms with Crippen LogP contribution < -0.4 is 15.4 Å². The van der Waals surface area contributed by atoms with E-state index >= 15 is 0 Å². The zero-order valence-corrected chi connectivity index (χ0v) is 13.1. The SMILES string of the molecule is NC1CCC(Oc2cc(N3CCOCC3)cc3nonc23)CC1. The molecule has 1 aliphatic heterocycles. The highest BCUT2D eigenvalue weighted by molar-refractivity contribution is 5.84. The van der Waals surface area contributed by atoms with Crippen LogP contribution in [0.25, 0.3) is 11.0 Å². The summed E-state index contributed by atoms with van der Waals surface area (Å²) in [7, 11) is 0. The van der Waals surface area contributed by atoms with Crippen LogP contribution in [0.2, 0.25) is 0 Å². The number of anilines is 1. The van der Waals surface area contributed by atoms with Gasteiger partial charge in [0, 0.05) is 30.9 Å². The zero-order chi connectivity index (χ0) is 15.6. The largest absolute Gasteiger partial charge is 0.488 e. The van der Waals surface area contributed by atoms with E-state index < -0.39 is 0 Å². The fourth-order valence-electron chi connectivity index (χ4n) is 3.33. The van der Waals surface area contributed by atoms with Crippen LogP contribution in [0.1, 0.15) is 25.7 Å². The summed E-state index contributed by atoms with van der Waals surface area (Å²) in [5.74, 6) is 0.755. The van der Waals surface area contributed by atoms with Crippen molar-refractivity contribution in [3.05, 3.63) is 12.1 Å². The van der Waals surface area contributed by atoms with Gasteiger partial charge >= 0.3 is 0 Å². The molecule has 1 saturated carbocycles. The van der Waals surface area contributed by atoms with Crippen molar-refractivity contribution < 1.29 is 14.1 Å². The molecule has 7 heteroatoms. The lowest BCUT2D eigenvalue weighted by molar-refractivity contribution is 0.122. The summed E-state index contributed by atoms with van der Waals surface area (Å²) in [6.45, 7) is 3.22. The number of ether oxygens (including phenoxy) is 2. The normalized spacial score (nSPS) is 25.7. The van der Waals surface area contributed by atoms with Crippen LogP contribution in [0.5, 0.6) is 5.75 Å². The second-order valence-corrected chi connectivity index (χ2v) is 6.33. The van der Waals surface area contributed by atoms with Crippen molar-refractivity contribution in [3.8, 4) is 5.75 Å². The molecule has 0 atom stereocenters. The third-order valence-electron chi connectivity index (χ3n) is 4.70. The van der Waals surface area contributed by atoms with E-state index in [4.69, 9.17) is 19.8 Å². The van der Waals surface area contributed by atoms with E-state index in [2.05, 4.69) is 15.2 Å². The summed E-state index contributed by atoms with van der Waals surface area (Å²) in [6, 6.07) is 4.36. The first-order valence-corrected chi connectivity index (χ1v) is 8.31. The maximum Gasteiger partial charge on any atom is 0.177 e. The Labute approximate surface area is 134 Å². The Morgan fingerprint density at radius 1 is 1.09 bits per heavy atom. The molecule has 1 aromatic heterocycles. The lowest BCUT2D eigenvalue weighted by atomic mass is 9.94. The van der Waals surface area contributed by atoms with Crippen molar-refractivity contribution >= 4 is 16.7 Å². The van der Waals surface area contributed by atoms with Gasteiger partial charge in [0.15, 0.2) is 11.3 Å². The molecule has 2 fully saturated rings. The maximum atomic E-state index is 6.23. The Bertz CT molecular complexity index is 660. The van der Waals surface area contributed by atoms with Gasteiger partial charge in [-0.3, -0.25) is 0 Å². The van der Waals surface area contributed by atoms with E-state index in [-0.39, 0.29) is 6.10 Å². The smallest absolute Gasteiger partial charge is 0.177 e. The predicted octanol–water partition coefficient (Wildman–Crippen LogP) is 1.71. The number of hydrogen-bond acceptors (Lipinski definition) is 7. The Balaban J connectivity index is 1.60. The molecule has 0 radical (unpaired) electrons. The molecule has 1 saturated heterocycles. The predicted molar refractivity (Wildman–Crippen MR) is 85.7 cm³/mol. The number of aromatic nitrogens is 2. The number of nitrogens with two attached hydrogens (primary N) is 1. The number of benzene rings is 1. The average Bonchev–Trinajstić information content (AvgIpc) is 3.06. The van der Waals surface area contributed by atoms with Crippen LogP contribution in [0.3, 0.4) is 0 Å². The Morgan fingerprint density at radius 3 is 2.65 bits per heavy atom. The van der Waals surface area contributed by atoms with Gasteiger partial charge in [0.2, 0.25) is 0 Å². The van der Waals surface area contributed by atoms with Crippen molar-refractivity contribution in [2.75, 3.05) is 31.2 Å². The highest BCUT2D eigenvalue weighted by atomic mass is 16.6. The summed E-state index contributed by atoms with van der Waals surface area (Å²) in [5.41, 5.74) is 8.48. The quantitative estimate of drug-likeness (QED) is 0.921. The van der Waals surface area contributed by atoms with E-state index in [1.807, 2.05) is 12.1 Å². The number of morpholine rings is 1.